The molecule has 4 aliphatic rings. The predicted molar refractivity (Wildman–Crippen MR) is 143 cm³/mol. The van der Waals surface area contributed by atoms with Crippen LogP contribution in [0.25, 0.3) is 6.08 Å². The molecular weight excluding hydrogens is 492 g/mol. The van der Waals surface area contributed by atoms with E-state index < -0.39 is 15.6 Å². The van der Waals surface area contributed by atoms with Gasteiger partial charge in [-0.05, 0) is 74.8 Å². The van der Waals surface area contributed by atoms with Gasteiger partial charge in [0.05, 0.1) is 6.04 Å². The molecule has 1 aliphatic carbocycles. The number of amides is 2. The van der Waals surface area contributed by atoms with E-state index in [-0.39, 0.29) is 31.1 Å². The number of hydrogen-bond donors (Lipinski definition) is 1. The molecule has 37 heavy (non-hydrogen) atoms. The van der Waals surface area contributed by atoms with Crippen LogP contribution >= 0.6 is 0 Å². The summed E-state index contributed by atoms with van der Waals surface area (Å²) in [5, 5.41) is 4.26. The highest BCUT2D eigenvalue weighted by atomic mass is 32.2. The number of piperidine rings is 1. The number of rotatable bonds is 5. The number of hydrogen-bond acceptors (Lipinski definition) is 6. The molecule has 1 unspecified atom stereocenters. The minimum atomic E-state index is -3.66. The maximum atomic E-state index is 13.1. The van der Waals surface area contributed by atoms with Crippen molar-refractivity contribution in [2.45, 2.75) is 70.9 Å². The molecule has 3 fully saturated rings. The van der Waals surface area contributed by atoms with Crippen LogP contribution in [0.15, 0.2) is 28.6 Å². The number of benzene rings is 1. The van der Waals surface area contributed by atoms with Crippen molar-refractivity contribution in [1.82, 2.24) is 9.62 Å². The van der Waals surface area contributed by atoms with Crippen LogP contribution in [0.3, 0.4) is 0 Å². The molecule has 1 aromatic carbocycles. The van der Waals surface area contributed by atoms with Crippen molar-refractivity contribution in [3.8, 4) is 0 Å². The number of nitrogens with one attached hydrogen (secondary N) is 1. The predicted octanol–water partition coefficient (Wildman–Crippen LogP) is 3.83. The summed E-state index contributed by atoms with van der Waals surface area (Å²) >= 11 is 0. The van der Waals surface area contributed by atoms with Crippen LogP contribution in [-0.4, -0.2) is 61.8 Å². The van der Waals surface area contributed by atoms with Gasteiger partial charge in [-0.1, -0.05) is 25.8 Å². The third-order valence-electron chi connectivity index (χ3n) is 8.35. The zero-order valence-electron chi connectivity index (χ0n) is 21.8. The molecule has 5 rings (SSSR count). The fraction of sp³-hybridized carbons (Fsp3) is 0.593. The lowest BCUT2D eigenvalue weighted by atomic mass is 9.82. The standard InChI is InChI=1S/C27H36N4O5S/c1-18-4-6-22(7-5-18)24-28-25(32)27(29-24)11-13-30(14-12-27)37(34,35)15-10-21-8-9-23(16-19(21)2)31-20(3)17-36-26(31)33/h8-10,15-16,18,20,22H,4-7,11-14,17H2,1-3H3,(H,28,29,32). The van der Waals surface area contributed by atoms with E-state index in [0.717, 1.165) is 54.3 Å². The molecule has 1 aromatic rings. The molecule has 9 nitrogen and oxygen atoms in total. The molecule has 3 heterocycles. The van der Waals surface area contributed by atoms with Gasteiger partial charge in [-0.3, -0.25) is 14.7 Å². The van der Waals surface area contributed by atoms with E-state index in [1.807, 2.05) is 26.0 Å². The van der Waals surface area contributed by atoms with Gasteiger partial charge in [0.1, 0.15) is 18.0 Å². The largest absolute Gasteiger partial charge is 0.447 e. The Balaban J connectivity index is 1.23. The lowest BCUT2D eigenvalue weighted by Crippen LogP contribution is -2.50. The summed E-state index contributed by atoms with van der Waals surface area (Å²) < 4.78 is 32.7. The summed E-state index contributed by atoms with van der Waals surface area (Å²) in [6.07, 6.45) is 6.38. The highest BCUT2D eigenvalue weighted by Crippen LogP contribution is 2.36. The highest BCUT2D eigenvalue weighted by molar-refractivity contribution is 7.92. The molecular formula is C27H36N4O5S. The van der Waals surface area contributed by atoms with Gasteiger partial charge in [-0.15, -0.1) is 0 Å². The number of anilines is 1. The monoisotopic (exact) mass is 528 g/mol. The summed E-state index contributed by atoms with van der Waals surface area (Å²) in [6, 6.07) is 5.42. The Morgan fingerprint density at radius 2 is 1.81 bits per heavy atom. The van der Waals surface area contributed by atoms with Gasteiger partial charge in [-0.2, -0.15) is 4.31 Å². The molecule has 1 N–H and O–H groups in total. The van der Waals surface area contributed by atoms with Crippen molar-refractivity contribution in [2.24, 2.45) is 16.8 Å². The van der Waals surface area contributed by atoms with E-state index in [1.54, 1.807) is 17.0 Å². The summed E-state index contributed by atoms with van der Waals surface area (Å²) in [4.78, 5) is 31.4. The fourth-order valence-corrected chi connectivity index (χ4v) is 7.02. The zero-order valence-corrected chi connectivity index (χ0v) is 22.6. The van der Waals surface area contributed by atoms with Gasteiger partial charge in [0, 0.05) is 30.1 Å². The van der Waals surface area contributed by atoms with Crippen molar-refractivity contribution in [3.05, 3.63) is 34.7 Å². The maximum Gasteiger partial charge on any atom is 0.414 e. The molecule has 200 valence electrons. The topological polar surface area (TPSA) is 108 Å². The van der Waals surface area contributed by atoms with Gasteiger partial charge < -0.3 is 10.1 Å². The number of amidine groups is 1. The first-order valence-corrected chi connectivity index (χ1v) is 14.7. The molecule has 0 radical (unpaired) electrons. The third-order valence-corrected chi connectivity index (χ3v) is 9.91. The van der Waals surface area contributed by atoms with Gasteiger partial charge >= 0.3 is 6.09 Å². The lowest BCUT2D eigenvalue weighted by molar-refractivity contribution is -0.125. The summed E-state index contributed by atoms with van der Waals surface area (Å²) in [5.41, 5.74) is 1.50. The van der Waals surface area contributed by atoms with Crippen LogP contribution in [0.5, 0.6) is 0 Å². The molecule has 1 spiro atoms. The van der Waals surface area contributed by atoms with E-state index in [0.29, 0.717) is 25.4 Å². The van der Waals surface area contributed by atoms with Crippen LogP contribution in [-0.2, 0) is 19.6 Å². The number of sulfonamides is 1. The molecule has 1 saturated carbocycles. The number of aryl methyl sites for hydroxylation is 1. The van der Waals surface area contributed by atoms with E-state index in [9.17, 15) is 18.0 Å². The second-order valence-corrected chi connectivity index (χ2v) is 12.8. The highest BCUT2D eigenvalue weighted by Gasteiger charge is 2.48. The first-order chi connectivity index (χ1) is 17.6. The lowest BCUT2D eigenvalue weighted by Gasteiger charge is -2.34. The van der Waals surface area contributed by atoms with Gasteiger partial charge in [-0.25, -0.2) is 13.2 Å². The van der Waals surface area contributed by atoms with E-state index in [1.165, 1.54) is 9.71 Å². The first kappa shape index (κ1) is 25.9. The third kappa shape index (κ3) is 5.05. The summed E-state index contributed by atoms with van der Waals surface area (Å²) in [7, 11) is -3.66. The minimum absolute atomic E-state index is 0.0511. The number of cyclic esters (lactones) is 1. The molecule has 3 aliphatic heterocycles. The van der Waals surface area contributed by atoms with Crippen molar-refractivity contribution >= 4 is 39.6 Å². The Morgan fingerprint density at radius 3 is 2.43 bits per heavy atom. The van der Waals surface area contributed by atoms with Crippen molar-refractivity contribution in [2.75, 3.05) is 24.6 Å². The van der Waals surface area contributed by atoms with Crippen molar-refractivity contribution < 1.29 is 22.7 Å². The Hall–Kier alpha value is -2.72. The number of carbonyl (C=O) groups is 2. The SMILES string of the molecule is Cc1cc(N2C(=O)OCC2C)ccc1C=CS(=O)(=O)N1CCC2(CC1)N=C(C1CCC(C)CC1)NC2=O. The molecule has 2 amide bonds. The van der Waals surface area contributed by atoms with Crippen LogP contribution in [0.2, 0.25) is 0 Å². The molecule has 2 saturated heterocycles. The Bertz CT molecular complexity index is 1240. The number of aliphatic imine (C=N–C) groups is 1. The second kappa shape index (κ2) is 9.87. The quantitative estimate of drug-likeness (QED) is 0.625. The van der Waals surface area contributed by atoms with Crippen molar-refractivity contribution in [1.29, 1.82) is 0 Å². The van der Waals surface area contributed by atoms with Crippen molar-refractivity contribution in [3.63, 3.8) is 0 Å². The van der Waals surface area contributed by atoms with Gasteiger partial charge in [0.15, 0.2) is 0 Å². The normalized spacial score (nSPS) is 28.6. The molecule has 10 heteroatoms. The van der Waals surface area contributed by atoms with Crippen LogP contribution in [0, 0.1) is 18.8 Å². The smallest absolute Gasteiger partial charge is 0.414 e. The molecule has 1 atom stereocenters. The van der Waals surface area contributed by atoms with Gasteiger partial charge in [0.25, 0.3) is 5.91 Å². The average molecular weight is 529 g/mol. The van der Waals surface area contributed by atoms with E-state index >= 15 is 0 Å². The molecule has 0 bridgehead atoms. The van der Waals surface area contributed by atoms with Crippen LogP contribution in [0.1, 0.15) is 63.5 Å². The number of ether oxygens (including phenoxy) is 1. The van der Waals surface area contributed by atoms with Crippen LogP contribution < -0.4 is 10.2 Å². The van der Waals surface area contributed by atoms with Gasteiger partial charge in [0.2, 0.25) is 10.0 Å². The Morgan fingerprint density at radius 1 is 1.11 bits per heavy atom. The van der Waals surface area contributed by atoms with E-state index in [2.05, 4.69) is 12.2 Å². The zero-order chi connectivity index (χ0) is 26.4. The van der Waals surface area contributed by atoms with Crippen LogP contribution in [0.4, 0.5) is 10.5 Å². The first-order valence-electron chi connectivity index (χ1n) is 13.2. The summed E-state index contributed by atoms with van der Waals surface area (Å²) in [6.45, 7) is 6.93. The minimum Gasteiger partial charge on any atom is -0.447 e. The maximum absolute atomic E-state index is 13.1. The Kier molecular flexibility index (Phi) is 6.91. The Labute approximate surface area is 219 Å². The number of carbonyl (C=O) groups excluding carboxylic acids is 2. The second-order valence-electron chi connectivity index (χ2n) is 11.0. The van der Waals surface area contributed by atoms with E-state index in [4.69, 9.17) is 9.73 Å². The molecule has 0 aromatic heterocycles. The average Bonchev–Trinajstić information content (AvgIpc) is 3.37. The fourth-order valence-electron chi connectivity index (χ4n) is 5.84. The number of nitrogens with zero attached hydrogens (tertiary/aromatic N) is 3. The summed E-state index contributed by atoms with van der Waals surface area (Å²) in [5.74, 6) is 1.75.